The molecule has 0 spiro atoms. The highest BCUT2D eigenvalue weighted by Gasteiger charge is 2.20. The zero-order valence-corrected chi connectivity index (χ0v) is 19.8. The first-order valence-electron chi connectivity index (χ1n) is 11.2. The van der Waals surface area contributed by atoms with E-state index in [0.29, 0.717) is 25.3 Å². The molecule has 0 radical (unpaired) electrons. The highest BCUT2D eigenvalue weighted by atomic mass is 19.1. The summed E-state index contributed by atoms with van der Waals surface area (Å²) in [6.45, 7) is 4.81. The fraction of sp³-hybridized carbons (Fsp3) is 0.462. The lowest BCUT2D eigenvalue weighted by molar-refractivity contribution is -0.121. The van der Waals surface area contributed by atoms with Gasteiger partial charge in [-0.1, -0.05) is 50.2 Å². The maximum atomic E-state index is 14.3. The van der Waals surface area contributed by atoms with Crippen molar-refractivity contribution in [1.82, 2.24) is 15.5 Å². The molecule has 0 saturated heterocycles. The second-order valence-electron chi connectivity index (χ2n) is 8.96. The third-order valence-electron chi connectivity index (χ3n) is 5.70. The fourth-order valence-electron chi connectivity index (χ4n) is 3.87. The number of carbonyl (C=O) groups is 2. The van der Waals surface area contributed by atoms with Gasteiger partial charge in [0.25, 0.3) is 5.91 Å². The lowest BCUT2D eigenvalue weighted by Crippen LogP contribution is -2.42. The van der Waals surface area contributed by atoms with E-state index in [1.54, 1.807) is 6.07 Å². The molecule has 0 saturated carbocycles. The van der Waals surface area contributed by atoms with Crippen LogP contribution >= 0.6 is 0 Å². The molecule has 174 valence electrons. The number of hydrogen-bond acceptors (Lipinski definition) is 3. The van der Waals surface area contributed by atoms with Crippen molar-refractivity contribution in [2.24, 2.45) is 5.92 Å². The quantitative estimate of drug-likeness (QED) is 0.554. The Hall–Kier alpha value is -2.73. The van der Waals surface area contributed by atoms with Crippen molar-refractivity contribution >= 4 is 11.8 Å². The van der Waals surface area contributed by atoms with Crippen molar-refractivity contribution in [3.8, 4) is 0 Å². The summed E-state index contributed by atoms with van der Waals surface area (Å²) in [5.41, 5.74) is 2.00. The highest BCUT2D eigenvalue weighted by molar-refractivity contribution is 5.94. The summed E-state index contributed by atoms with van der Waals surface area (Å²) in [4.78, 5) is 26.5. The van der Waals surface area contributed by atoms with E-state index < -0.39 is 11.7 Å². The lowest BCUT2D eigenvalue weighted by Gasteiger charge is -2.26. The summed E-state index contributed by atoms with van der Waals surface area (Å²) in [5, 5.41) is 5.51. The molecular formula is C26H36FN3O2. The summed E-state index contributed by atoms with van der Waals surface area (Å²) in [7, 11) is 5.36. The Morgan fingerprint density at radius 2 is 1.75 bits per heavy atom. The Morgan fingerprint density at radius 3 is 2.31 bits per heavy atom. The second kappa shape index (κ2) is 12.3. The van der Waals surface area contributed by atoms with Gasteiger partial charge in [0, 0.05) is 26.1 Å². The Labute approximate surface area is 191 Å². The molecule has 6 heteroatoms. The van der Waals surface area contributed by atoms with Gasteiger partial charge in [-0.2, -0.15) is 0 Å². The molecule has 2 atom stereocenters. The predicted molar refractivity (Wildman–Crippen MR) is 127 cm³/mol. The Bertz CT molecular complexity index is 884. The normalized spacial score (nSPS) is 13.1. The number of halogens is 1. The van der Waals surface area contributed by atoms with Crippen molar-refractivity contribution in [2.75, 3.05) is 27.7 Å². The minimum absolute atomic E-state index is 0.00414. The smallest absolute Gasteiger partial charge is 0.253 e. The number of hydrogen-bond donors (Lipinski definition) is 2. The minimum atomic E-state index is -0.539. The number of amides is 2. The standard InChI is InChI=1S/C26H36FN3O2/c1-18(2)13-21(20-9-7-6-8-10-20)16-25(31)29-17-22(30(4)5)14-19-11-12-23(24(27)15-19)26(32)28-3/h6-12,15,18,21-22H,13-14,16-17H2,1-5H3,(H,28,32)(H,29,31). The van der Waals surface area contributed by atoms with Gasteiger partial charge in [0.15, 0.2) is 0 Å². The monoisotopic (exact) mass is 441 g/mol. The van der Waals surface area contributed by atoms with Crippen molar-refractivity contribution in [2.45, 2.75) is 45.1 Å². The summed E-state index contributed by atoms with van der Waals surface area (Å²) in [6.07, 6.45) is 1.95. The van der Waals surface area contributed by atoms with Crippen LogP contribution in [0, 0.1) is 11.7 Å². The van der Waals surface area contributed by atoms with Crippen molar-refractivity contribution in [3.63, 3.8) is 0 Å². The van der Waals surface area contributed by atoms with Crippen LogP contribution in [0.4, 0.5) is 4.39 Å². The first-order valence-corrected chi connectivity index (χ1v) is 11.2. The maximum Gasteiger partial charge on any atom is 0.253 e. The van der Waals surface area contributed by atoms with Gasteiger partial charge in [0.05, 0.1) is 5.56 Å². The molecule has 0 aliphatic rings. The van der Waals surface area contributed by atoms with Gasteiger partial charge in [0.2, 0.25) is 5.91 Å². The predicted octanol–water partition coefficient (Wildman–Crippen LogP) is 3.99. The van der Waals surface area contributed by atoms with Gasteiger partial charge in [0.1, 0.15) is 5.82 Å². The average Bonchev–Trinajstić information content (AvgIpc) is 2.75. The van der Waals surface area contributed by atoms with E-state index in [0.717, 1.165) is 12.0 Å². The molecule has 2 unspecified atom stereocenters. The number of nitrogens with one attached hydrogen (secondary N) is 2. The fourth-order valence-corrected chi connectivity index (χ4v) is 3.87. The average molecular weight is 442 g/mol. The van der Waals surface area contributed by atoms with Gasteiger partial charge in [-0.05, 0) is 62.0 Å². The number of rotatable bonds is 11. The van der Waals surface area contributed by atoms with Crippen LogP contribution in [0.2, 0.25) is 0 Å². The van der Waals surface area contributed by atoms with Crippen LogP contribution in [0.5, 0.6) is 0 Å². The van der Waals surface area contributed by atoms with E-state index in [9.17, 15) is 14.0 Å². The Balaban J connectivity index is 2.00. The number of likely N-dealkylation sites (N-methyl/N-ethyl adjacent to an activating group) is 1. The molecule has 2 aromatic rings. The summed E-state index contributed by atoms with van der Waals surface area (Å²) >= 11 is 0. The third kappa shape index (κ3) is 7.75. The van der Waals surface area contributed by atoms with Crippen LogP contribution in [-0.2, 0) is 11.2 Å². The number of benzene rings is 2. The van der Waals surface area contributed by atoms with Gasteiger partial charge >= 0.3 is 0 Å². The highest BCUT2D eigenvalue weighted by Crippen LogP contribution is 2.27. The topological polar surface area (TPSA) is 61.4 Å². The lowest BCUT2D eigenvalue weighted by atomic mass is 9.87. The molecule has 2 amide bonds. The van der Waals surface area contributed by atoms with Crippen LogP contribution in [0.15, 0.2) is 48.5 Å². The molecule has 32 heavy (non-hydrogen) atoms. The molecular weight excluding hydrogens is 405 g/mol. The van der Waals surface area contributed by atoms with E-state index in [-0.39, 0.29) is 23.4 Å². The van der Waals surface area contributed by atoms with E-state index >= 15 is 0 Å². The van der Waals surface area contributed by atoms with Crippen LogP contribution in [0.1, 0.15) is 54.1 Å². The number of carbonyl (C=O) groups excluding carboxylic acids is 2. The zero-order chi connectivity index (χ0) is 23.7. The Morgan fingerprint density at radius 1 is 1.06 bits per heavy atom. The molecule has 2 aromatic carbocycles. The van der Waals surface area contributed by atoms with Crippen LogP contribution in [0.3, 0.4) is 0 Å². The summed E-state index contributed by atoms with van der Waals surface area (Å²) < 4.78 is 14.3. The molecule has 0 aliphatic heterocycles. The largest absolute Gasteiger partial charge is 0.355 e. The van der Waals surface area contributed by atoms with E-state index in [1.807, 2.05) is 37.2 Å². The third-order valence-corrected chi connectivity index (χ3v) is 5.70. The maximum absolute atomic E-state index is 14.3. The minimum Gasteiger partial charge on any atom is -0.355 e. The SMILES string of the molecule is CNC(=O)c1ccc(CC(CNC(=O)CC(CC(C)C)c2ccccc2)N(C)C)cc1F. The van der Waals surface area contributed by atoms with Crippen LogP contribution < -0.4 is 10.6 Å². The van der Waals surface area contributed by atoms with E-state index in [1.165, 1.54) is 24.7 Å². The first-order chi connectivity index (χ1) is 15.2. The van der Waals surface area contributed by atoms with Gasteiger partial charge in [-0.25, -0.2) is 4.39 Å². The molecule has 0 fully saturated rings. The number of nitrogens with zero attached hydrogens (tertiary/aromatic N) is 1. The Kier molecular flexibility index (Phi) is 9.85. The molecule has 2 rings (SSSR count). The summed E-state index contributed by atoms with van der Waals surface area (Å²) in [5.74, 6) is -0.286. The van der Waals surface area contributed by atoms with Crippen molar-refractivity contribution in [3.05, 3.63) is 71.0 Å². The first kappa shape index (κ1) is 25.5. The second-order valence-corrected chi connectivity index (χ2v) is 8.96. The van der Waals surface area contributed by atoms with Gasteiger partial charge in [-0.15, -0.1) is 0 Å². The summed E-state index contributed by atoms with van der Waals surface area (Å²) in [6, 6.07) is 14.8. The molecule has 5 nitrogen and oxygen atoms in total. The molecule has 2 N–H and O–H groups in total. The zero-order valence-electron chi connectivity index (χ0n) is 19.8. The molecule has 0 heterocycles. The van der Waals surface area contributed by atoms with E-state index in [4.69, 9.17) is 0 Å². The van der Waals surface area contributed by atoms with E-state index in [2.05, 4.69) is 36.6 Å². The molecule has 0 aromatic heterocycles. The van der Waals surface area contributed by atoms with Gasteiger partial charge < -0.3 is 15.5 Å². The van der Waals surface area contributed by atoms with Crippen LogP contribution in [-0.4, -0.2) is 50.4 Å². The van der Waals surface area contributed by atoms with Crippen LogP contribution in [0.25, 0.3) is 0 Å². The van der Waals surface area contributed by atoms with Crippen molar-refractivity contribution < 1.29 is 14.0 Å². The molecule has 0 aliphatic carbocycles. The molecule has 0 bridgehead atoms. The van der Waals surface area contributed by atoms with Gasteiger partial charge in [-0.3, -0.25) is 9.59 Å². The van der Waals surface area contributed by atoms with Crippen molar-refractivity contribution in [1.29, 1.82) is 0 Å².